The quantitative estimate of drug-likeness (QED) is 0.374. The van der Waals surface area contributed by atoms with Crippen molar-refractivity contribution in [1.82, 2.24) is 0 Å². The van der Waals surface area contributed by atoms with E-state index in [1.807, 2.05) is 19.9 Å². The van der Waals surface area contributed by atoms with E-state index in [1.54, 1.807) is 0 Å². The molecule has 0 saturated carbocycles. The number of rotatable bonds is 0. The van der Waals surface area contributed by atoms with Gasteiger partial charge in [-0.15, -0.1) is 0 Å². The second-order valence-corrected chi connectivity index (χ2v) is 7.05. The SMILES string of the molecule is C=C1C(=O)O[C@H]2/C=C(\C)CCC(=O)[C@H](C)CC/C=C(\C)CC[C@@H]12. The molecular formula is C20H28O3. The third-order valence-corrected chi connectivity index (χ3v) is 5.06. The molecule has 1 saturated heterocycles. The number of fused-ring (bicyclic) bond motifs is 1. The average molecular weight is 316 g/mol. The normalized spacial score (nSPS) is 35.4. The molecule has 0 unspecified atom stereocenters. The lowest BCUT2D eigenvalue weighted by atomic mass is 9.88. The van der Waals surface area contributed by atoms with Crippen LogP contribution in [0.25, 0.3) is 0 Å². The first-order chi connectivity index (χ1) is 10.9. The Labute approximate surface area is 139 Å². The summed E-state index contributed by atoms with van der Waals surface area (Å²) in [6.07, 6.45) is 9.01. The van der Waals surface area contributed by atoms with E-state index < -0.39 is 0 Å². The number of hydrogen-bond acceptors (Lipinski definition) is 3. The van der Waals surface area contributed by atoms with Gasteiger partial charge in [0.05, 0.1) is 0 Å². The van der Waals surface area contributed by atoms with Crippen molar-refractivity contribution in [2.24, 2.45) is 11.8 Å². The van der Waals surface area contributed by atoms with Gasteiger partial charge >= 0.3 is 5.97 Å². The average Bonchev–Trinajstić information content (AvgIpc) is 2.76. The highest BCUT2D eigenvalue weighted by Gasteiger charge is 2.36. The van der Waals surface area contributed by atoms with Gasteiger partial charge in [-0.2, -0.15) is 0 Å². The molecule has 23 heavy (non-hydrogen) atoms. The van der Waals surface area contributed by atoms with Gasteiger partial charge in [0, 0.05) is 23.8 Å². The summed E-state index contributed by atoms with van der Waals surface area (Å²) in [5, 5.41) is 0. The Hall–Kier alpha value is -1.64. The van der Waals surface area contributed by atoms with E-state index in [1.165, 1.54) is 5.57 Å². The van der Waals surface area contributed by atoms with Gasteiger partial charge in [-0.1, -0.05) is 30.7 Å². The van der Waals surface area contributed by atoms with E-state index in [4.69, 9.17) is 4.74 Å². The molecule has 0 aromatic rings. The summed E-state index contributed by atoms with van der Waals surface area (Å²) in [4.78, 5) is 24.0. The van der Waals surface area contributed by atoms with E-state index in [0.717, 1.165) is 37.7 Å². The minimum absolute atomic E-state index is 0.0540. The van der Waals surface area contributed by atoms with Gasteiger partial charge in [0.2, 0.25) is 0 Å². The number of allylic oxidation sites excluding steroid dienone is 3. The number of ether oxygens (including phenoxy) is 1. The summed E-state index contributed by atoms with van der Waals surface area (Å²) >= 11 is 0. The van der Waals surface area contributed by atoms with Crippen molar-refractivity contribution in [3.8, 4) is 0 Å². The lowest BCUT2D eigenvalue weighted by molar-refractivity contribution is -0.137. The molecular weight excluding hydrogens is 288 g/mol. The van der Waals surface area contributed by atoms with E-state index in [-0.39, 0.29) is 23.9 Å². The molecule has 2 rings (SSSR count). The smallest absolute Gasteiger partial charge is 0.334 e. The second kappa shape index (κ2) is 7.76. The molecule has 1 heterocycles. The molecule has 3 atom stereocenters. The molecule has 1 aliphatic carbocycles. The highest BCUT2D eigenvalue weighted by molar-refractivity contribution is 5.91. The zero-order valence-corrected chi connectivity index (χ0v) is 14.6. The van der Waals surface area contributed by atoms with E-state index >= 15 is 0 Å². The van der Waals surface area contributed by atoms with Crippen LogP contribution in [0.4, 0.5) is 0 Å². The summed E-state index contributed by atoms with van der Waals surface area (Å²) in [6, 6.07) is 0. The van der Waals surface area contributed by atoms with Crippen LogP contribution >= 0.6 is 0 Å². The Morgan fingerprint density at radius 3 is 2.57 bits per heavy atom. The molecule has 0 amide bonds. The van der Waals surface area contributed by atoms with Crippen LogP contribution in [-0.2, 0) is 14.3 Å². The predicted octanol–water partition coefficient (Wildman–Crippen LogP) is 4.54. The number of carbonyl (C=O) groups is 2. The fraction of sp³-hybridized carbons (Fsp3) is 0.600. The van der Waals surface area contributed by atoms with Crippen molar-refractivity contribution in [2.45, 2.75) is 65.4 Å². The molecule has 2 aliphatic rings. The van der Waals surface area contributed by atoms with Crippen molar-refractivity contribution in [3.05, 3.63) is 35.5 Å². The second-order valence-electron chi connectivity index (χ2n) is 7.05. The predicted molar refractivity (Wildman–Crippen MR) is 91.9 cm³/mol. The number of ketones is 1. The fourth-order valence-electron chi connectivity index (χ4n) is 3.28. The number of Topliss-reactive ketones (excluding diaryl/α,β-unsaturated/α-hetero) is 1. The summed E-state index contributed by atoms with van der Waals surface area (Å²) in [7, 11) is 0. The largest absolute Gasteiger partial charge is 0.454 e. The van der Waals surface area contributed by atoms with Crippen LogP contribution in [0.3, 0.4) is 0 Å². The molecule has 0 N–H and O–H groups in total. The minimum Gasteiger partial charge on any atom is -0.454 e. The lowest BCUT2D eigenvalue weighted by Gasteiger charge is -2.17. The Kier molecular flexibility index (Phi) is 5.97. The van der Waals surface area contributed by atoms with Crippen LogP contribution in [-0.4, -0.2) is 17.9 Å². The summed E-state index contributed by atoms with van der Waals surface area (Å²) in [6.45, 7) is 10.1. The maximum Gasteiger partial charge on any atom is 0.334 e. The zero-order valence-electron chi connectivity index (χ0n) is 14.6. The molecule has 1 aliphatic heterocycles. The van der Waals surface area contributed by atoms with Gasteiger partial charge in [-0.25, -0.2) is 4.79 Å². The van der Waals surface area contributed by atoms with E-state index in [2.05, 4.69) is 19.6 Å². The Morgan fingerprint density at radius 1 is 1.09 bits per heavy atom. The van der Waals surface area contributed by atoms with Crippen molar-refractivity contribution in [1.29, 1.82) is 0 Å². The maximum atomic E-state index is 12.2. The van der Waals surface area contributed by atoms with Gasteiger partial charge in [0.1, 0.15) is 11.9 Å². The van der Waals surface area contributed by atoms with Crippen LogP contribution in [0.2, 0.25) is 0 Å². The topological polar surface area (TPSA) is 43.4 Å². The lowest BCUT2D eigenvalue weighted by Crippen LogP contribution is -2.16. The number of esters is 1. The molecule has 0 spiro atoms. The highest BCUT2D eigenvalue weighted by Crippen LogP contribution is 2.33. The molecule has 0 aromatic heterocycles. The summed E-state index contributed by atoms with van der Waals surface area (Å²) in [5.41, 5.74) is 3.02. The maximum absolute atomic E-state index is 12.2. The number of carbonyl (C=O) groups excluding carboxylic acids is 2. The third-order valence-electron chi connectivity index (χ3n) is 5.06. The van der Waals surface area contributed by atoms with Crippen molar-refractivity contribution < 1.29 is 14.3 Å². The third kappa shape index (κ3) is 4.66. The molecule has 0 aromatic carbocycles. The molecule has 0 radical (unpaired) electrons. The van der Waals surface area contributed by atoms with Crippen LogP contribution in [0, 0.1) is 11.8 Å². The summed E-state index contributed by atoms with van der Waals surface area (Å²) in [5.74, 6) is 0.218. The van der Waals surface area contributed by atoms with Crippen LogP contribution < -0.4 is 0 Å². The van der Waals surface area contributed by atoms with Gasteiger partial charge in [-0.05, 0) is 52.0 Å². The van der Waals surface area contributed by atoms with Crippen molar-refractivity contribution >= 4 is 11.8 Å². The van der Waals surface area contributed by atoms with E-state index in [0.29, 0.717) is 17.8 Å². The Balaban J connectivity index is 2.19. The molecule has 3 nitrogen and oxygen atoms in total. The summed E-state index contributed by atoms with van der Waals surface area (Å²) < 4.78 is 5.47. The first-order valence-corrected chi connectivity index (χ1v) is 8.64. The fourth-order valence-corrected chi connectivity index (χ4v) is 3.28. The standard InChI is InChI=1S/C20H28O3/c1-13-6-5-7-15(3)18(21)11-9-14(2)12-19-17(10-8-13)16(4)20(22)23-19/h6,12,15,17,19H,4-5,7-11H2,1-3H3/b13-6+,14-12+/t15-,17+,19+/m1/s1. The van der Waals surface area contributed by atoms with Crippen molar-refractivity contribution in [2.75, 3.05) is 0 Å². The van der Waals surface area contributed by atoms with Crippen molar-refractivity contribution in [3.63, 3.8) is 0 Å². The van der Waals surface area contributed by atoms with Gasteiger partial charge in [0.15, 0.2) is 0 Å². The molecule has 0 bridgehead atoms. The monoisotopic (exact) mass is 316 g/mol. The molecule has 126 valence electrons. The highest BCUT2D eigenvalue weighted by atomic mass is 16.5. The molecule has 1 fully saturated rings. The Bertz CT molecular complexity index is 553. The van der Waals surface area contributed by atoms with Gasteiger partial charge in [0.25, 0.3) is 0 Å². The minimum atomic E-state index is -0.278. The first kappa shape index (κ1) is 17.7. The van der Waals surface area contributed by atoms with Crippen LogP contribution in [0.15, 0.2) is 35.5 Å². The van der Waals surface area contributed by atoms with Crippen LogP contribution in [0.1, 0.15) is 59.3 Å². The first-order valence-electron chi connectivity index (χ1n) is 8.64. The van der Waals surface area contributed by atoms with Gasteiger partial charge < -0.3 is 4.74 Å². The van der Waals surface area contributed by atoms with Crippen LogP contribution in [0.5, 0.6) is 0 Å². The van der Waals surface area contributed by atoms with E-state index in [9.17, 15) is 9.59 Å². The Morgan fingerprint density at radius 2 is 1.83 bits per heavy atom. The zero-order chi connectivity index (χ0) is 17.0. The van der Waals surface area contributed by atoms with Gasteiger partial charge in [-0.3, -0.25) is 4.79 Å². The molecule has 3 heteroatoms. The number of hydrogen-bond donors (Lipinski definition) is 0.